The number of carbonyl (C=O) groups excluding carboxylic acids is 2. The topological polar surface area (TPSA) is 61.4 Å². The highest BCUT2D eigenvalue weighted by atomic mass is 19.4. The molecule has 188 valence electrons. The zero-order valence-corrected chi connectivity index (χ0v) is 19.7. The molecule has 1 saturated heterocycles. The molecule has 2 N–H and O–H groups in total. The molecule has 1 aliphatic rings. The first-order chi connectivity index (χ1) is 17.3. The van der Waals surface area contributed by atoms with Crippen molar-refractivity contribution in [3.8, 4) is 11.1 Å². The highest BCUT2D eigenvalue weighted by Gasteiger charge is 2.30. The van der Waals surface area contributed by atoms with Crippen molar-refractivity contribution < 1.29 is 22.8 Å². The van der Waals surface area contributed by atoms with E-state index in [1.165, 1.54) is 12.1 Å². The van der Waals surface area contributed by atoms with Crippen LogP contribution in [0.4, 0.5) is 13.2 Å². The van der Waals surface area contributed by atoms with E-state index in [-0.39, 0.29) is 24.4 Å². The third kappa shape index (κ3) is 6.95. The predicted octanol–water partition coefficient (Wildman–Crippen LogP) is 4.88. The predicted molar refractivity (Wildman–Crippen MR) is 132 cm³/mol. The third-order valence-corrected chi connectivity index (χ3v) is 6.28. The van der Waals surface area contributed by atoms with Gasteiger partial charge in [0.15, 0.2) is 0 Å². The summed E-state index contributed by atoms with van der Waals surface area (Å²) >= 11 is 0. The first-order valence-corrected chi connectivity index (χ1v) is 11.9. The van der Waals surface area contributed by atoms with Gasteiger partial charge >= 0.3 is 6.18 Å². The van der Waals surface area contributed by atoms with Crippen LogP contribution in [0, 0.1) is 0 Å². The highest BCUT2D eigenvalue weighted by Crippen LogP contribution is 2.30. The number of carbonyl (C=O) groups is 2. The molecule has 4 rings (SSSR count). The van der Waals surface area contributed by atoms with Crippen molar-refractivity contribution in [2.75, 3.05) is 19.6 Å². The second kappa shape index (κ2) is 11.4. The van der Waals surface area contributed by atoms with Crippen LogP contribution >= 0.6 is 0 Å². The van der Waals surface area contributed by atoms with Gasteiger partial charge in [-0.25, -0.2) is 0 Å². The van der Waals surface area contributed by atoms with Gasteiger partial charge < -0.3 is 10.6 Å². The van der Waals surface area contributed by atoms with E-state index in [0.717, 1.165) is 17.2 Å². The maximum absolute atomic E-state index is 12.9. The molecule has 3 aromatic rings. The Morgan fingerprint density at radius 2 is 1.53 bits per heavy atom. The van der Waals surface area contributed by atoms with Gasteiger partial charge in [-0.15, -0.1) is 0 Å². The summed E-state index contributed by atoms with van der Waals surface area (Å²) in [5.41, 5.74) is 2.52. The fourth-order valence-electron chi connectivity index (χ4n) is 4.33. The number of alkyl halides is 3. The molecular formula is C28H28F3N3O2. The lowest BCUT2D eigenvalue weighted by Gasteiger charge is -2.32. The van der Waals surface area contributed by atoms with Gasteiger partial charge in [0.1, 0.15) is 0 Å². The number of hydrogen-bond donors (Lipinski definition) is 2. The summed E-state index contributed by atoms with van der Waals surface area (Å²) in [6, 6.07) is 22.4. The fourth-order valence-corrected chi connectivity index (χ4v) is 4.33. The zero-order chi connectivity index (χ0) is 25.5. The molecule has 0 unspecified atom stereocenters. The average Bonchev–Trinajstić information content (AvgIpc) is 2.89. The van der Waals surface area contributed by atoms with Crippen molar-refractivity contribution in [1.29, 1.82) is 0 Å². The molecule has 1 heterocycles. The molecule has 0 bridgehead atoms. The lowest BCUT2D eigenvalue weighted by Crippen LogP contribution is -2.47. The van der Waals surface area contributed by atoms with E-state index < -0.39 is 11.7 Å². The first-order valence-electron chi connectivity index (χ1n) is 11.9. The molecular weight excluding hydrogens is 467 g/mol. The zero-order valence-electron chi connectivity index (χ0n) is 19.7. The van der Waals surface area contributed by atoms with E-state index in [2.05, 4.69) is 15.5 Å². The summed E-state index contributed by atoms with van der Waals surface area (Å²) in [5, 5.41) is 5.59. The van der Waals surface area contributed by atoms with E-state index in [9.17, 15) is 22.8 Å². The summed E-state index contributed by atoms with van der Waals surface area (Å²) in [5.74, 6) is -0.582. The Bertz CT molecular complexity index is 1170. The van der Waals surface area contributed by atoms with Gasteiger partial charge in [0, 0.05) is 31.2 Å². The number of amides is 2. The summed E-state index contributed by atoms with van der Waals surface area (Å²) < 4.78 is 38.8. The van der Waals surface area contributed by atoms with Crippen LogP contribution in [0.3, 0.4) is 0 Å². The molecule has 2 amide bonds. The van der Waals surface area contributed by atoms with Gasteiger partial charge in [0.05, 0.1) is 12.1 Å². The molecule has 0 saturated carbocycles. The maximum atomic E-state index is 12.9. The molecule has 0 radical (unpaired) electrons. The Morgan fingerprint density at radius 1 is 0.861 bits per heavy atom. The van der Waals surface area contributed by atoms with E-state index in [0.29, 0.717) is 43.6 Å². The van der Waals surface area contributed by atoms with Crippen LogP contribution in [0.15, 0.2) is 78.9 Å². The monoisotopic (exact) mass is 495 g/mol. The Kier molecular flexibility index (Phi) is 8.05. The number of nitrogens with zero attached hydrogens (tertiary/aromatic N) is 1. The fraction of sp³-hybridized carbons (Fsp3) is 0.286. The summed E-state index contributed by atoms with van der Waals surface area (Å²) in [7, 11) is 0. The maximum Gasteiger partial charge on any atom is 0.416 e. The van der Waals surface area contributed by atoms with Gasteiger partial charge in [0.25, 0.3) is 5.91 Å². The Balaban J connectivity index is 1.19. The largest absolute Gasteiger partial charge is 0.416 e. The van der Waals surface area contributed by atoms with E-state index in [4.69, 9.17) is 0 Å². The standard InChI is InChI=1S/C28H28F3N3O2/c29-28(30,31)24-8-4-5-20(17-24)19-34-15-13-25(14-16-34)33-26(35)18-32-27(36)23-11-9-22(10-12-23)21-6-2-1-3-7-21/h1-12,17,25H,13-16,18-19H2,(H,32,36)(H,33,35). The van der Waals surface area contributed by atoms with Crippen molar-refractivity contribution in [3.63, 3.8) is 0 Å². The van der Waals surface area contributed by atoms with Crippen LogP contribution < -0.4 is 10.6 Å². The quantitative estimate of drug-likeness (QED) is 0.491. The van der Waals surface area contributed by atoms with Crippen molar-refractivity contribution in [2.45, 2.75) is 31.6 Å². The van der Waals surface area contributed by atoms with Crippen molar-refractivity contribution in [2.24, 2.45) is 0 Å². The van der Waals surface area contributed by atoms with E-state index in [1.54, 1.807) is 18.2 Å². The van der Waals surface area contributed by atoms with Crippen molar-refractivity contribution >= 4 is 11.8 Å². The van der Waals surface area contributed by atoms with E-state index in [1.807, 2.05) is 42.5 Å². The average molecular weight is 496 g/mol. The summed E-state index contributed by atoms with van der Waals surface area (Å²) in [6.07, 6.45) is -2.96. The van der Waals surface area contributed by atoms with Crippen LogP contribution in [0.2, 0.25) is 0 Å². The lowest BCUT2D eigenvalue weighted by molar-refractivity contribution is -0.137. The van der Waals surface area contributed by atoms with Gasteiger partial charge in [-0.3, -0.25) is 14.5 Å². The molecule has 0 spiro atoms. The third-order valence-electron chi connectivity index (χ3n) is 6.28. The number of halogens is 3. The molecule has 1 fully saturated rings. The Morgan fingerprint density at radius 3 is 2.19 bits per heavy atom. The molecule has 0 aliphatic carbocycles. The SMILES string of the molecule is O=C(CNC(=O)c1ccc(-c2ccccc2)cc1)NC1CCN(Cc2cccc(C(F)(F)F)c2)CC1. The molecule has 5 nitrogen and oxygen atoms in total. The van der Waals surface area contributed by atoms with Crippen molar-refractivity contribution in [3.05, 3.63) is 95.6 Å². The minimum atomic E-state index is -4.35. The van der Waals surface area contributed by atoms with E-state index >= 15 is 0 Å². The minimum absolute atomic E-state index is 0.0303. The van der Waals surface area contributed by atoms with Crippen LogP contribution in [-0.2, 0) is 17.5 Å². The number of rotatable bonds is 7. The number of nitrogens with one attached hydrogen (secondary N) is 2. The van der Waals surface area contributed by atoms with Crippen LogP contribution in [-0.4, -0.2) is 42.4 Å². The second-order valence-corrected chi connectivity index (χ2v) is 8.94. The highest BCUT2D eigenvalue weighted by molar-refractivity contribution is 5.96. The van der Waals surface area contributed by atoms with Gasteiger partial charge in [-0.05, 0) is 47.7 Å². The normalized spacial score (nSPS) is 14.9. The molecule has 1 aliphatic heterocycles. The Labute approximate surface area is 208 Å². The van der Waals surface area contributed by atoms with Crippen LogP contribution in [0.25, 0.3) is 11.1 Å². The molecule has 0 aromatic heterocycles. The van der Waals surface area contributed by atoms with Gasteiger partial charge in [0.2, 0.25) is 5.91 Å². The number of hydrogen-bond acceptors (Lipinski definition) is 3. The lowest BCUT2D eigenvalue weighted by atomic mass is 10.0. The van der Waals surface area contributed by atoms with Crippen LogP contribution in [0.5, 0.6) is 0 Å². The minimum Gasteiger partial charge on any atom is -0.352 e. The summed E-state index contributed by atoms with van der Waals surface area (Å²) in [4.78, 5) is 26.9. The number of benzene rings is 3. The second-order valence-electron chi connectivity index (χ2n) is 8.94. The van der Waals surface area contributed by atoms with Crippen LogP contribution in [0.1, 0.15) is 34.3 Å². The number of piperidine rings is 1. The molecule has 3 aromatic carbocycles. The molecule has 0 atom stereocenters. The molecule has 8 heteroatoms. The first kappa shape index (κ1) is 25.4. The van der Waals surface area contributed by atoms with Gasteiger partial charge in [-0.2, -0.15) is 13.2 Å². The smallest absolute Gasteiger partial charge is 0.352 e. The number of likely N-dealkylation sites (tertiary alicyclic amines) is 1. The van der Waals surface area contributed by atoms with Crippen molar-refractivity contribution in [1.82, 2.24) is 15.5 Å². The molecule has 36 heavy (non-hydrogen) atoms. The Hall–Kier alpha value is -3.65. The van der Waals surface area contributed by atoms with Gasteiger partial charge in [-0.1, -0.05) is 60.7 Å². The summed E-state index contributed by atoms with van der Waals surface area (Å²) in [6.45, 7) is 1.65.